The molecule has 0 saturated heterocycles. The lowest BCUT2D eigenvalue weighted by Gasteiger charge is -2.24. The van der Waals surface area contributed by atoms with E-state index in [0.29, 0.717) is 66.4 Å². The third-order valence-electron chi connectivity index (χ3n) is 11.3. The molecule has 4 N–H and O–H groups in total. The number of phenols is 2. The number of aldehydes is 1. The van der Waals surface area contributed by atoms with Crippen molar-refractivity contribution >= 4 is 28.1 Å². The number of phenolic OH excluding ortho intramolecular Hbond substituents is 2. The van der Waals surface area contributed by atoms with E-state index < -0.39 is 11.3 Å². The standard InChI is InChI=1S/C44H44N6O8/c1-6-28-30-17-27(9-10-35(30)45-40-32(28)21-49-37(40)19-34(44(56,7-2)23-51)33(22-57-5)42(49)54)58-15-14-48-13-12-25-16-26(8-11-36(25)48)50-41(46-47-43(50)55)31-18-29(24(3)4)38(52)20-39(31)53/h8-13,16-20,23-24,52-53,56H,6-7,14-15,21-22H2,1-5H3,(H,47,55). The fraction of sp³-hybridized carbons (Fsp3) is 0.295. The van der Waals surface area contributed by atoms with Crippen LogP contribution in [0, 0.1) is 0 Å². The van der Waals surface area contributed by atoms with Gasteiger partial charge < -0.3 is 33.9 Å². The molecule has 0 spiro atoms. The maximum absolute atomic E-state index is 13.8. The Labute approximate surface area is 332 Å². The summed E-state index contributed by atoms with van der Waals surface area (Å²) in [7, 11) is 1.47. The van der Waals surface area contributed by atoms with Crippen LogP contribution in [0.2, 0.25) is 0 Å². The van der Waals surface area contributed by atoms with Crippen LogP contribution in [0.4, 0.5) is 0 Å². The zero-order valence-corrected chi connectivity index (χ0v) is 32.9. The SMILES string of the molecule is CCc1c2c(nc3ccc(OCCn4ccc5cc(-n6c(-c7cc(C(C)C)c(O)cc7O)n[nH]c6=O)ccc54)cc13)-c1cc(C(O)(C=O)CC)c(COC)c(=O)n1C2. The van der Waals surface area contributed by atoms with E-state index >= 15 is 0 Å². The molecule has 3 aromatic carbocycles. The van der Waals surface area contributed by atoms with Gasteiger partial charge in [0.25, 0.3) is 5.56 Å². The van der Waals surface area contributed by atoms with E-state index in [9.17, 15) is 29.7 Å². The molecule has 0 aliphatic carbocycles. The third-order valence-corrected chi connectivity index (χ3v) is 11.3. The normalized spacial score (nSPS) is 13.3. The van der Waals surface area contributed by atoms with Crippen LogP contribution in [-0.2, 0) is 41.2 Å². The quantitative estimate of drug-likeness (QED) is 0.101. The minimum Gasteiger partial charge on any atom is -0.508 e. The van der Waals surface area contributed by atoms with Crippen molar-refractivity contribution in [1.82, 2.24) is 28.9 Å². The van der Waals surface area contributed by atoms with E-state index in [4.69, 9.17) is 14.5 Å². The molecule has 298 valence electrons. The van der Waals surface area contributed by atoms with Crippen LogP contribution in [-0.4, -0.2) is 64.2 Å². The summed E-state index contributed by atoms with van der Waals surface area (Å²) >= 11 is 0. The molecule has 1 aliphatic rings. The van der Waals surface area contributed by atoms with Crippen molar-refractivity contribution in [2.75, 3.05) is 13.7 Å². The number of rotatable bonds is 13. The van der Waals surface area contributed by atoms with E-state index in [1.165, 1.54) is 17.7 Å². The summed E-state index contributed by atoms with van der Waals surface area (Å²) in [6, 6.07) is 18.0. The highest BCUT2D eigenvalue weighted by Gasteiger charge is 2.35. The van der Waals surface area contributed by atoms with Crippen molar-refractivity contribution in [1.29, 1.82) is 0 Å². The predicted molar refractivity (Wildman–Crippen MR) is 219 cm³/mol. The molecule has 4 aromatic heterocycles. The number of carbonyl (C=O) groups excluding carboxylic acids is 1. The van der Waals surface area contributed by atoms with E-state index in [-0.39, 0.29) is 53.0 Å². The molecule has 0 saturated carbocycles. The lowest BCUT2D eigenvalue weighted by Crippen LogP contribution is -2.34. The second-order valence-electron chi connectivity index (χ2n) is 15.0. The minimum atomic E-state index is -1.83. The monoisotopic (exact) mass is 784 g/mol. The lowest BCUT2D eigenvalue weighted by molar-refractivity contribution is -0.125. The summed E-state index contributed by atoms with van der Waals surface area (Å²) in [4.78, 5) is 43.9. The van der Waals surface area contributed by atoms with Gasteiger partial charge in [-0.2, -0.15) is 5.10 Å². The number of pyridine rings is 2. The van der Waals surface area contributed by atoms with Gasteiger partial charge in [-0.3, -0.25) is 9.59 Å². The first-order valence-electron chi connectivity index (χ1n) is 19.3. The van der Waals surface area contributed by atoms with Gasteiger partial charge in [-0.25, -0.2) is 19.4 Å². The van der Waals surface area contributed by atoms with Crippen LogP contribution in [0.25, 0.3) is 50.3 Å². The number of aliphatic hydroxyl groups is 1. The number of H-pyrrole nitrogens is 1. The number of aromatic hydroxyl groups is 2. The predicted octanol–water partition coefficient (Wildman–Crippen LogP) is 6.04. The van der Waals surface area contributed by atoms with Crippen LogP contribution in [0.1, 0.15) is 67.9 Å². The second kappa shape index (κ2) is 14.8. The fourth-order valence-corrected chi connectivity index (χ4v) is 8.17. The average Bonchev–Trinajstić information content (AvgIpc) is 3.92. The summed E-state index contributed by atoms with van der Waals surface area (Å²) in [6.45, 7) is 8.77. The van der Waals surface area contributed by atoms with Gasteiger partial charge in [0.15, 0.2) is 12.1 Å². The molecule has 0 radical (unpaired) electrons. The molecule has 5 heterocycles. The van der Waals surface area contributed by atoms with Crippen molar-refractivity contribution in [2.45, 2.75) is 71.8 Å². The molecule has 1 unspecified atom stereocenters. The highest BCUT2D eigenvalue weighted by Crippen LogP contribution is 2.40. The Kier molecular flexibility index (Phi) is 9.77. The molecule has 1 aliphatic heterocycles. The Morgan fingerprint density at radius 2 is 1.81 bits per heavy atom. The van der Waals surface area contributed by atoms with Crippen LogP contribution >= 0.6 is 0 Å². The van der Waals surface area contributed by atoms with Gasteiger partial charge in [0.2, 0.25) is 0 Å². The molecule has 14 heteroatoms. The van der Waals surface area contributed by atoms with Gasteiger partial charge in [0.05, 0.1) is 47.9 Å². The Hall–Kier alpha value is -6.51. The van der Waals surface area contributed by atoms with Gasteiger partial charge in [-0.05, 0) is 84.5 Å². The molecule has 1 atom stereocenters. The maximum Gasteiger partial charge on any atom is 0.348 e. The van der Waals surface area contributed by atoms with Gasteiger partial charge in [0.1, 0.15) is 29.5 Å². The molecular weight excluding hydrogens is 741 g/mol. The van der Waals surface area contributed by atoms with Crippen LogP contribution in [0.5, 0.6) is 17.2 Å². The molecule has 8 rings (SSSR count). The number of benzene rings is 3. The Morgan fingerprint density at radius 3 is 2.53 bits per heavy atom. The number of carbonyl (C=O) groups is 1. The van der Waals surface area contributed by atoms with E-state index in [1.807, 2.05) is 62.5 Å². The largest absolute Gasteiger partial charge is 0.508 e. The van der Waals surface area contributed by atoms with Gasteiger partial charge in [0, 0.05) is 52.4 Å². The smallest absolute Gasteiger partial charge is 0.348 e. The molecule has 0 bridgehead atoms. The van der Waals surface area contributed by atoms with E-state index in [1.54, 1.807) is 23.6 Å². The third kappa shape index (κ3) is 6.25. The fourth-order valence-electron chi connectivity index (χ4n) is 8.17. The van der Waals surface area contributed by atoms with Crippen molar-refractivity contribution in [3.8, 4) is 45.7 Å². The van der Waals surface area contributed by atoms with Gasteiger partial charge in [-0.1, -0.05) is 27.7 Å². The summed E-state index contributed by atoms with van der Waals surface area (Å²) in [5.41, 5.74) is 4.21. The van der Waals surface area contributed by atoms with Crippen LogP contribution in [0.15, 0.2) is 76.4 Å². The number of methoxy groups -OCH3 is 1. The van der Waals surface area contributed by atoms with Gasteiger partial charge in [-0.15, -0.1) is 0 Å². The first kappa shape index (κ1) is 38.4. The van der Waals surface area contributed by atoms with Crippen molar-refractivity contribution in [3.63, 3.8) is 0 Å². The zero-order chi connectivity index (χ0) is 41.0. The molecule has 7 aromatic rings. The number of nitrogens with one attached hydrogen (secondary N) is 1. The van der Waals surface area contributed by atoms with Crippen molar-refractivity contribution in [3.05, 3.63) is 116 Å². The van der Waals surface area contributed by atoms with Crippen LogP contribution < -0.4 is 16.0 Å². The highest BCUT2D eigenvalue weighted by molar-refractivity contribution is 5.89. The summed E-state index contributed by atoms with van der Waals surface area (Å²) in [6.07, 6.45) is 3.22. The zero-order valence-electron chi connectivity index (χ0n) is 32.9. The van der Waals surface area contributed by atoms with E-state index in [2.05, 4.69) is 21.7 Å². The second-order valence-corrected chi connectivity index (χ2v) is 15.0. The number of ether oxygens (including phenoxy) is 2. The number of hydrogen-bond donors (Lipinski definition) is 4. The first-order chi connectivity index (χ1) is 27.9. The summed E-state index contributed by atoms with van der Waals surface area (Å²) in [5, 5.41) is 40.8. The topological polar surface area (TPSA) is 187 Å². The number of fused-ring (bicyclic) bond motifs is 5. The van der Waals surface area contributed by atoms with Crippen molar-refractivity contribution < 1.29 is 29.6 Å². The van der Waals surface area contributed by atoms with E-state index in [0.717, 1.165) is 32.9 Å². The number of aryl methyl sites for hydroxylation is 1. The Balaban J connectivity index is 1.05. The molecule has 14 nitrogen and oxygen atoms in total. The minimum absolute atomic E-state index is 0.0233. The maximum atomic E-state index is 13.8. The lowest BCUT2D eigenvalue weighted by atomic mass is 9.89. The summed E-state index contributed by atoms with van der Waals surface area (Å²) < 4.78 is 16.7. The number of aromatic amines is 1. The van der Waals surface area contributed by atoms with Crippen molar-refractivity contribution in [2.24, 2.45) is 0 Å². The van der Waals surface area contributed by atoms with Crippen LogP contribution in [0.3, 0.4) is 0 Å². The summed E-state index contributed by atoms with van der Waals surface area (Å²) in [5.74, 6) is 0.652. The first-order valence-corrected chi connectivity index (χ1v) is 19.3. The number of aromatic nitrogens is 6. The molecule has 0 fully saturated rings. The number of hydrogen-bond acceptors (Lipinski definition) is 10. The highest BCUT2D eigenvalue weighted by atomic mass is 16.5. The Bertz CT molecular complexity index is 2880. The molecule has 0 amide bonds. The Morgan fingerprint density at radius 1 is 1.00 bits per heavy atom. The average molecular weight is 785 g/mol. The van der Waals surface area contributed by atoms with Gasteiger partial charge >= 0.3 is 5.69 Å². The molecular formula is C44H44N6O8. The number of nitrogens with zero attached hydrogens (tertiary/aromatic N) is 5. The molecule has 58 heavy (non-hydrogen) atoms.